The van der Waals surface area contributed by atoms with Crippen molar-refractivity contribution >= 4 is 22.1 Å². The number of phenols is 1. The normalized spacial score (nSPS) is 27.9. The summed E-state index contributed by atoms with van der Waals surface area (Å²) in [7, 11) is 0. The second-order valence-corrected chi connectivity index (χ2v) is 9.08. The third kappa shape index (κ3) is 2.58. The van der Waals surface area contributed by atoms with Crippen molar-refractivity contribution in [1.29, 1.82) is 0 Å². The van der Waals surface area contributed by atoms with Gasteiger partial charge in [0.1, 0.15) is 5.75 Å². The highest BCUT2D eigenvalue weighted by Crippen LogP contribution is 2.55. The van der Waals surface area contributed by atoms with Crippen molar-refractivity contribution in [2.45, 2.75) is 50.0 Å². The van der Waals surface area contributed by atoms with Crippen LogP contribution in [0, 0.1) is 5.92 Å². The van der Waals surface area contributed by atoms with Gasteiger partial charge in [0.15, 0.2) is 0 Å². The third-order valence-electron chi connectivity index (χ3n) is 7.71. The van der Waals surface area contributed by atoms with Gasteiger partial charge in [-0.1, -0.05) is 25.0 Å². The van der Waals surface area contributed by atoms with Crippen LogP contribution in [0.5, 0.6) is 5.75 Å². The van der Waals surface area contributed by atoms with Crippen LogP contribution in [0.2, 0.25) is 0 Å². The van der Waals surface area contributed by atoms with Crippen LogP contribution < -0.4 is 10.6 Å². The molecule has 148 valence electrons. The molecule has 3 aliphatic rings. The molecule has 3 N–H and O–H groups in total. The van der Waals surface area contributed by atoms with Crippen molar-refractivity contribution in [2.75, 3.05) is 11.9 Å². The molecule has 3 aromatic rings. The summed E-state index contributed by atoms with van der Waals surface area (Å²) >= 11 is 0. The van der Waals surface area contributed by atoms with Gasteiger partial charge in [-0.2, -0.15) is 0 Å². The van der Waals surface area contributed by atoms with Gasteiger partial charge in [-0.3, -0.25) is 4.98 Å². The number of hydrogen-bond donors (Lipinski definition) is 3. The lowest BCUT2D eigenvalue weighted by Gasteiger charge is -2.56. The van der Waals surface area contributed by atoms with Gasteiger partial charge in [0.25, 0.3) is 0 Å². The lowest BCUT2D eigenvalue weighted by molar-refractivity contribution is 0.0796. The van der Waals surface area contributed by atoms with Gasteiger partial charge in [0, 0.05) is 40.3 Å². The van der Waals surface area contributed by atoms with Gasteiger partial charge in [0.05, 0.1) is 5.69 Å². The summed E-state index contributed by atoms with van der Waals surface area (Å²) in [5.74, 6) is 1.09. The fraction of sp³-hybridized carbons (Fsp3) is 0.400. The Balaban J connectivity index is 1.44. The highest BCUT2D eigenvalue weighted by Gasteiger charge is 2.51. The molecule has 2 aliphatic carbocycles. The highest BCUT2D eigenvalue weighted by atomic mass is 16.3. The summed E-state index contributed by atoms with van der Waals surface area (Å²) in [5, 5.41) is 20.5. The lowest BCUT2D eigenvalue weighted by Crippen LogP contribution is -2.59. The summed E-state index contributed by atoms with van der Waals surface area (Å²) in [4.78, 5) is 4.22. The van der Waals surface area contributed by atoms with Crippen molar-refractivity contribution in [3.63, 3.8) is 0 Å². The first-order chi connectivity index (χ1) is 14.2. The number of pyridine rings is 1. The molecule has 1 aromatic heterocycles. The van der Waals surface area contributed by atoms with Crippen LogP contribution in [0.25, 0.3) is 10.8 Å². The number of aromatic nitrogens is 1. The van der Waals surface area contributed by atoms with E-state index in [1.54, 1.807) is 0 Å². The van der Waals surface area contributed by atoms with Crippen LogP contribution in [-0.2, 0) is 11.8 Å². The smallest absolute Gasteiger partial charge is 0.139 e. The van der Waals surface area contributed by atoms with Gasteiger partial charge in [-0.25, -0.2) is 0 Å². The molecular formula is C25H27N3O. The molecule has 0 radical (unpaired) electrons. The molecule has 0 unspecified atom stereocenters. The van der Waals surface area contributed by atoms with E-state index in [-0.39, 0.29) is 5.41 Å². The van der Waals surface area contributed by atoms with Crippen LogP contribution in [0.15, 0.2) is 48.8 Å². The molecule has 2 fully saturated rings. The minimum atomic E-state index is 0.267. The second-order valence-electron chi connectivity index (χ2n) is 9.08. The van der Waals surface area contributed by atoms with E-state index in [4.69, 9.17) is 0 Å². The van der Waals surface area contributed by atoms with Gasteiger partial charge < -0.3 is 15.7 Å². The minimum Gasteiger partial charge on any atom is -0.506 e. The van der Waals surface area contributed by atoms with Crippen LogP contribution in [-0.4, -0.2) is 22.7 Å². The van der Waals surface area contributed by atoms with Gasteiger partial charge in [-0.05, 0) is 73.5 Å². The SMILES string of the molecule is Oc1cc2c(cc1Nc1cccc3cnccc13)C[C@H]1NCC[C@@]23CCCC[C@@H]13. The zero-order chi connectivity index (χ0) is 19.4. The van der Waals surface area contributed by atoms with Crippen molar-refractivity contribution in [3.8, 4) is 5.75 Å². The number of piperidine rings is 1. The molecule has 1 aliphatic heterocycles. The molecule has 1 saturated carbocycles. The van der Waals surface area contributed by atoms with Crippen molar-refractivity contribution in [2.24, 2.45) is 5.92 Å². The van der Waals surface area contributed by atoms with E-state index in [0.29, 0.717) is 11.8 Å². The molecule has 2 aromatic carbocycles. The maximum atomic E-state index is 11.0. The first-order valence-corrected chi connectivity index (χ1v) is 10.9. The minimum absolute atomic E-state index is 0.267. The van der Waals surface area contributed by atoms with Crippen molar-refractivity contribution in [3.05, 3.63) is 59.9 Å². The van der Waals surface area contributed by atoms with E-state index in [0.717, 1.165) is 41.0 Å². The van der Waals surface area contributed by atoms with E-state index in [1.165, 1.54) is 43.2 Å². The average Bonchev–Trinajstić information content (AvgIpc) is 2.75. The Morgan fingerprint density at radius 1 is 1.10 bits per heavy atom. The molecule has 6 rings (SSSR count). The summed E-state index contributed by atoms with van der Waals surface area (Å²) in [6, 6.07) is 13.1. The zero-order valence-electron chi connectivity index (χ0n) is 16.6. The van der Waals surface area contributed by atoms with Crippen LogP contribution in [0.3, 0.4) is 0 Å². The number of anilines is 2. The maximum absolute atomic E-state index is 11.0. The van der Waals surface area contributed by atoms with Gasteiger partial charge >= 0.3 is 0 Å². The Hall–Kier alpha value is -2.59. The standard InChI is InChI=1S/C25H27N3O/c29-24-14-20-17(12-22-19-5-1-2-8-25(19,20)9-11-27-22)13-23(24)28-21-6-3-4-16-15-26-10-7-18(16)21/h3-4,6-7,10,13-15,19,22,27-29H,1-2,5,8-9,11-12H2/t19-,22+,25+/m0/s1. The monoisotopic (exact) mass is 385 g/mol. The molecule has 4 heteroatoms. The summed E-state index contributed by atoms with van der Waals surface area (Å²) in [6.07, 6.45) is 11.2. The number of phenolic OH excluding ortho intramolecular Hbond substituents is 1. The topological polar surface area (TPSA) is 57.2 Å². The summed E-state index contributed by atoms with van der Waals surface area (Å²) in [5.41, 5.74) is 4.90. The fourth-order valence-electron chi connectivity index (χ4n) is 6.45. The lowest BCUT2D eigenvalue weighted by atomic mass is 9.53. The molecule has 3 atom stereocenters. The largest absolute Gasteiger partial charge is 0.506 e. The van der Waals surface area contributed by atoms with E-state index < -0.39 is 0 Å². The molecule has 4 nitrogen and oxygen atoms in total. The highest BCUT2D eigenvalue weighted by molar-refractivity contribution is 5.95. The van der Waals surface area contributed by atoms with Gasteiger partial charge in [0.2, 0.25) is 0 Å². The van der Waals surface area contributed by atoms with E-state index in [2.05, 4.69) is 39.9 Å². The molecule has 0 spiro atoms. The molecule has 2 bridgehead atoms. The predicted octanol–water partition coefficient (Wildman–Crippen LogP) is 5.03. The quantitative estimate of drug-likeness (QED) is 0.542. The Kier molecular flexibility index (Phi) is 3.85. The number of hydrogen-bond acceptors (Lipinski definition) is 4. The first-order valence-electron chi connectivity index (χ1n) is 10.9. The van der Waals surface area contributed by atoms with Crippen molar-refractivity contribution in [1.82, 2.24) is 10.3 Å². The van der Waals surface area contributed by atoms with Gasteiger partial charge in [-0.15, -0.1) is 0 Å². The number of nitrogens with one attached hydrogen (secondary N) is 2. The number of fused-ring (bicyclic) bond motifs is 2. The maximum Gasteiger partial charge on any atom is 0.139 e. The molecule has 29 heavy (non-hydrogen) atoms. The number of nitrogens with zero attached hydrogens (tertiary/aromatic N) is 1. The van der Waals surface area contributed by atoms with E-state index in [1.807, 2.05) is 24.5 Å². The Bertz CT molecular complexity index is 1090. The predicted molar refractivity (Wildman–Crippen MR) is 117 cm³/mol. The average molecular weight is 386 g/mol. The van der Waals surface area contributed by atoms with E-state index in [9.17, 15) is 5.11 Å². The Morgan fingerprint density at radius 2 is 2.07 bits per heavy atom. The number of rotatable bonds is 2. The molecule has 2 heterocycles. The van der Waals surface area contributed by atoms with Crippen molar-refractivity contribution < 1.29 is 5.11 Å². The summed E-state index contributed by atoms with van der Waals surface area (Å²) < 4.78 is 0. The molecule has 1 saturated heterocycles. The molecular weight excluding hydrogens is 358 g/mol. The number of aromatic hydroxyl groups is 1. The van der Waals surface area contributed by atoms with E-state index >= 15 is 0 Å². The Morgan fingerprint density at radius 3 is 3.03 bits per heavy atom. The number of benzene rings is 2. The van der Waals surface area contributed by atoms with Crippen LogP contribution >= 0.6 is 0 Å². The Labute approximate surface area is 171 Å². The summed E-state index contributed by atoms with van der Waals surface area (Å²) in [6.45, 7) is 1.10. The molecule has 0 amide bonds. The zero-order valence-corrected chi connectivity index (χ0v) is 16.6. The van der Waals surface area contributed by atoms with Crippen LogP contribution in [0.4, 0.5) is 11.4 Å². The fourth-order valence-corrected chi connectivity index (χ4v) is 6.45. The third-order valence-corrected chi connectivity index (χ3v) is 7.71. The van der Waals surface area contributed by atoms with Crippen LogP contribution in [0.1, 0.15) is 43.2 Å². The first kappa shape index (κ1) is 17.3. The second kappa shape index (κ2) is 6.46.